The van der Waals surface area contributed by atoms with Gasteiger partial charge in [0.05, 0.1) is 5.69 Å². The van der Waals surface area contributed by atoms with E-state index in [2.05, 4.69) is 24.3 Å². The third kappa shape index (κ3) is 0.914. The summed E-state index contributed by atoms with van der Waals surface area (Å²) in [7, 11) is 0. The van der Waals surface area contributed by atoms with E-state index in [4.69, 9.17) is 5.73 Å². The van der Waals surface area contributed by atoms with Gasteiger partial charge in [0.2, 0.25) is 0 Å². The molecule has 2 heterocycles. The second-order valence-corrected chi connectivity index (χ2v) is 3.45. The van der Waals surface area contributed by atoms with E-state index in [9.17, 15) is 0 Å². The zero-order valence-corrected chi connectivity index (χ0v) is 7.46. The Labute approximate surface area is 71.7 Å². The lowest BCUT2D eigenvalue weighted by molar-refractivity contribution is 0.528. The van der Waals surface area contributed by atoms with E-state index in [-0.39, 0.29) is 0 Å². The molecule has 0 spiro atoms. The molecule has 0 saturated heterocycles. The van der Waals surface area contributed by atoms with E-state index >= 15 is 0 Å². The highest BCUT2D eigenvalue weighted by Gasteiger charge is 2.20. The predicted molar refractivity (Wildman–Crippen MR) is 47.6 cm³/mol. The molecule has 1 aliphatic heterocycles. The van der Waals surface area contributed by atoms with Gasteiger partial charge in [-0.2, -0.15) is 5.10 Å². The van der Waals surface area contributed by atoms with E-state index in [0.29, 0.717) is 6.04 Å². The highest BCUT2D eigenvalue weighted by Crippen LogP contribution is 2.23. The zero-order valence-electron chi connectivity index (χ0n) is 7.46. The number of aromatic nitrogens is 2. The summed E-state index contributed by atoms with van der Waals surface area (Å²) in [6.45, 7) is 5.91. The molecule has 4 nitrogen and oxygen atoms in total. The average molecular weight is 166 g/mol. The SMILES string of the molecule is CC(C)n1nc2c(c1N)CNC2. The highest BCUT2D eigenvalue weighted by atomic mass is 15.3. The van der Waals surface area contributed by atoms with Crippen molar-refractivity contribution in [3.63, 3.8) is 0 Å². The molecule has 2 rings (SSSR count). The fraction of sp³-hybridized carbons (Fsp3) is 0.625. The van der Waals surface area contributed by atoms with Crippen molar-refractivity contribution in [1.82, 2.24) is 15.1 Å². The van der Waals surface area contributed by atoms with Gasteiger partial charge in [-0.1, -0.05) is 0 Å². The van der Waals surface area contributed by atoms with E-state index in [0.717, 1.165) is 24.6 Å². The first-order valence-corrected chi connectivity index (χ1v) is 4.26. The van der Waals surface area contributed by atoms with Crippen LogP contribution in [0.15, 0.2) is 0 Å². The van der Waals surface area contributed by atoms with Crippen LogP contribution in [0.25, 0.3) is 0 Å². The summed E-state index contributed by atoms with van der Waals surface area (Å²) >= 11 is 0. The number of nitrogen functional groups attached to an aromatic ring is 1. The molecular formula is C8H14N4. The maximum absolute atomic E-state index is 5.92. The Kier molecular flexibility index (Phi) is 1.58. The molecule has 1 aliphatic rings. The molecule has 0 radical (unpaired) electrons. The molecule has 1 aromatic rings. The van der Waals surface area contributed by atoms with Crippen molar-refractivity contribution in [2.45, 2.75) is 33.0 Å². The fourth-order valence-electron chi connectivity index (χ4n) is 1.56. The lowest BCUT2D eigenvalue weighted by atomic mass is 10.3. The number of fused-ring (bicyclic) bond motifs is 1. The molecule has 3 N–H and O–H groups in total. The number of hydrogen-bond acceptors (Lipinski definition) is 3. The zero-order chi connectivity index (χ0) is 8.72. The Hall–Kier alpha value is -1.03. The summed E-state index contributed by atoms with van der Waals surface area (Å²) in [5.74, 6) is 0.824. The van der Waals surface area contributed by atoms with Crippen LogP contribution in [0.3, 0.4) is 0 Å². The Bertz CT molecular complexity index is 300. The van der Waals surface area contributed by atoms with Crippen molar-refractivity contribution in [3.05, 3.63) is 11.3 Å². The second-order valence-electron chi connectivity index (χ2n) is 3.45. The minimum absolute atomic E-state index is 0.357. The summed E-state index contributed by atoms with van der Waals surface area (Å²) in [4.78, 5) is 0. The molecule has 0 fully saturated rings. The molecule has 4 heteroatoms. The summed E-state index contributed by atoms with van der Waals surface area (Å²) in [6.07, 6.45) is 0. The third-order valence-corrected chi connectivity index (χ3v) is 2.22. The number of nitrogens with zero attached hydrogens (tertiary/aromatic N) is 2. The average Bonchev–Trinajstić information content (AvgIpc) is 2.53. The summed E-state index contributed by atoms with van der Waals surface area (Å²) < 4.78 is 1.89. The van der Waals surface area contributed by atoms with Crippen LogP contribution in [0.4, 0.5) is 5.82 Å². The first kappa shape index (κ1) is 7.61. The molecule has 12 heavy (non-hydrogen) atoms. The molecule has 66 valence electrons. The van der Waals surface area contributed by atoms with E-state index in [1.165, 1.54) is 5.56 Å². The van der Waals surface area contributed by atoms with Gasteiger partial charge >= 0.3 is 0 Å². The lowest BCUT2D eigenvalue weighted by Crippen LogP contribution is -2.11. The van der Waals surface area contributed by atoms with Crippen molar-refractivity contribution in [1.29, 1.82) is 0 Å². The van der Waals surface area contributed by atoms with Crippen molar-refractivity contribution in [2.24, 2.45) is 0 Å². The number of rotatable bonds is 1. The molecule has 0 saturated carbocycles. The monoisotopic (exact) mass is 166 g/mol. The van der Waals surface area contributed by atoms with Crippen LogP contribution >= 0.6 is 0 Å². The molecule has 0 aliphatic carbocycles. The van der Waals surface area contributed by atoms with Crippen molar-refractivity contribution in [2.75, 3.05) is 5.73 Å². The van der Waals surface area contributed by atoms with Gasteiger partial charge in [-0.25, -0.2) is 4.68 Å². The minimum Gasteiger partial charge on any atom is -0.384 e. The Morgan fingerprint density at radius 2 is 2.25 bits per heavy atom. The van der Waals surface area contributed by atoms with Crippen molar-refractivity contribution in [3.8, 4) is 0 Å². The molecule has 1 aromatic heterocycles. The van der Waals surface area contributed by atoms with Crippen molar-refractivity contribution < 1.29 is 0 Å². The first-order chi connectivity index (χ1) is 5.70. The third-order valence-electron chi connectivity index (χ3n) is 2.22. The van der Waals surface area contributed by atoms with Gasteiger partial charge in [0.25, 0.3) is 0 Å². The Morgan fingerprint density at radius 1 is 1.50 bits per heavy atom. The van der Waals surface area contributed by atoms with Crippen LogP contribution < -0.4 is 11.1 Å². The molecule has 0 aromatic carbocycles. The maximum Gasteiger partial charge on any atom is 0.126 e. The molecule has 0 unspecified atom stereocenters. The summed E-state index contributed by atoms with van der Waals surface area (Å²) in [6, 6.07) is 0.357. The first-order valence-electron chi connectivity index (χ1n) is 4.26. The molecule has 0 bridgehead atoms. The van der Waals surface area contributed by atoms with Gasteiger partial charge in [-0.05, 0) is 13.8 Å². The second kappa shape index (κ2) is 2.48. The smallest absolute Gasteiger partial charge is 0.126 e. The van der Waals surface area contributed by atoms with Crippen LogP contribution in [0, 0.1) is 0 Å². The standard InChI is InChI=1S/C8H14N4/c1-5(2)12-8(9)6-3-10-4-7(6)11-12/h5,10H,3-4,9H2,1-2H3. The molecule has 0 atom stereocenters. The van der Waals surface area contributed by atoms with Gasteiger partial charge < -0.3 is 11.1 Å². The Morgan fingerprint density at radius 3 is 2.83 bits per heavy atom. The molecular weight excluding hydrogens is 152 g/mol. The summed E-state index contributed by atoms with van der Waals surface area (Å²) in [5, 5.41) is 7.64. The van der Waals surface area contributed by atoms with Gasteiger partial charge in [0.1, 0.15) is 5.82 Å². The quantitative estimate of drug-likeness (QED) is 0.644. The summed E-state index contributed by atoms with van der Waals surface area (Å²) in [5.41, 5.74) is 8.21. The van der Waals surface area contributed by atoms with Gasteiger partial charge in [-0.15, -0.1) is 0 Å². The maximum atomic E-state index is 5.92. The van der Waals surface area contributed by atoms with Crippen molar-refractivity contribution >= 4 is 5.82 Å². The lowest BCUT2D eigenvalue weighted by Gasteiger charge is -2.08. The minimum atomic E-state index is 0.357. The van der Waals surface area contributed by atoms with Gasteiger partial charge in [-0.3, -0.25) is 0 Å². The normalized spacial score (nSPS) is 15.6. The number of nitrogens with two attached hydrogens (primary N) is 1. The number of hydrogen-bond donors (Lipinski definition) is 2. The van der Waals surface area contributed by atoms with Gasteiger partial charge in [0.15, 0.2) is 0 Å². The largest absolute Gasteiger partial charge is 0.384 e. The van der Waals surface area contributed by atoms with Gasteiger partial charge in [0, 0.05) is 24.7 Å². The topological polar surface area (TPSA) is 55.9 Å². The number of nitrogens with one attached hydrogen (secondary N) is 1. The predicted octanol–water partition coefficient (Wildman–Crippen LogP) is 0.649. The highest BCUT2D eigenvalue weighted by molar-refractivity contribution is 5.45. The van der Waals surface area contributed by atoms with E-state index < -0.39 is 0 Å². The van der Waals surface area contributed by atoms with E-state index in [1.54, 1.807) is 0 Å². The van der Waals surface area contributed by atoms with Crippen LogP contribution in [0.5, 0.6) is 0 Å². The van der Waals surface area contributed by atoms with Crippen LogP contribution in [-0.4, -0.2) is 9.78 Å². The molecule has 0 amide bonds. The fourth-order valence-corrected chi connectivity index (χ4v) is 1.56. The Balaban J connectivity index is 2.47. The van der Waals surface area contributed by atoms with Crippen LogP contribution in [0.2, 0.25) is 0 Å². The van der Waals surface area contributed by atoms with Crippen LogP contribution in [-0.2, 0) is 13.1 Å². The van der Waals surface area contributed by atoms with E-state index in [1.807, 2.05) is 4.68 Å². The number of anilines is 1. The van der Waals surface area contributed by atoms with Crippen LogP contribution in [0.1, 0.15) is 31.1 Å².